The average Bonchev–Trinajstić information content (AvgIpc) is 2.31. The zero-order valence-corrected chi connectivity index (χ0v) is 14.4. The molecule has 0 aliphatic heterocycles. The van der Waals surface area contributed by atoms with Crippen LogP contribution in [0.5, 0.6) is 0 Å². The summed E-state index contributed by atoms with van der Waals surface area (Å²) in [6.45, 7) is 3.57. The fraction of sp³-hybridized carbons (Fsp3) is 0.600. The third kappa shape index (κ3) is 8.88. The maximum Gasteiger partial charge on any atom is 2.00 e. The van der Waals surface area contributed by atoms with Gasteiger partial charge in [0.1, 0.15) is 0 Å². The summed E-state index contributed by atoms with van der Waals surface area (Å²) in [5, 5.41) is 16.5. The Balaban J connectivity index is 0. The molecule has 0 atom stereocenters. The predicted molar refractivity (Wildman–Crippen MR) is 83.2 cm³/mol. The summed E-state index contributed by atoms with van der Waals surface area (Å²) < 4.78 is 0. The minimum atomic E-state index is 0. The molecule has 0 rings (SSSR count). The fourth-order valence-corrected chi connectivity index (χ4v) is 0.641. The normalized spacial score (nSPS) is 14.0. The van der Waals surface area contributed by atoms with Gasteiger partial charge in [-0.25, -0.2) is 0 Å². The van der Waals surface area contributed by atoms with Crippen LogP contribution in [-0.4, -0.2) is 59.7 Å². The smallest absolute Gasteiger partial charge is 0.741 e. The van der Waals surface area contributed by atoms with Crippen molar-refractivity contribution in [3.8, 4) is 0 Å². The second kappa shape index (κ2) is 10.1. The quantitative estimate of drug-likeness (QED) is 0.247. The molecule has 0 spiro atoms. The first-order valence-corrected chi connectivity index (χ1v) is 6.01. The van der Waals surface area contributed by atoms with Gasteiger partial charge in [-0.05, 0) is 13.8 Å². The molecular formula is C10H18CuN6S2. The molecule has 6 nitrogen and oxygen atoms in total. The maximum absolute atomic E-state index is 4.98. The summed E-state index contributed by atoms with van der Waals surface area (Å²) >= 11 is 9.97. The number of amidine groups is 2. The van der Waals surface area contributed by atoms with Crippen LogP contribution in [-0.2, 0) is 42.3 Å². The first kappa shape index (κ1) is 20.6. The Bertz CT molecular complexity index is 363. The second-order valence-corrected chi connectivity index (χ2v) is 4.66. The van der Waals surface area contributed by atoms with E-state index < -0.39 is 0 Å². The van der Waals surface area contributed by atoms with Crippen molar-refractivity contribution in [3.63, 3.8) is 0 Å². The van der Waals surface area contributed by atoms with E-state index in [-0.39, 0.29) is 17.1 Å². The molecule has 0 N–H and O–H groups in total. The zero-order valence-electron chi connectivity index (χ0n) is 11.8. The largest absolute Gasteiger partial charge is 2.00 e. The van der Waals surface area contributed by atoms with Crippen molar-refractivity contribution in [1.29, 1.82) is 0 Å². The van der Waals surface area contributed by atoms with Crippen LogP contribution in [0.25, 0.3) is 0 Å². The molecule has 0 unspecified atom stereocenters. The van der Waals surface area contributed by atoms with E-state index in [4.69, 9.17) is 25.3 Å². The SMILES string of the molecule is CC(=N\N=C(/[S-])N(C)C)/C(C)=N/N=C(\[S-])N(C)C.[Cu+2]. The van der Waals surface area contributed by atoms with Crippen molar-refractivity contribution in [2.45, 2.75) is 13.8 Å². The van der Waals surface area contributed by atoms with Gasteiger partial charge in [0.25, 0.3) is 0 Å². The molecule has 0 heterocycles. The Morgan fingerprint density at radius 1 is 0.684 bits per heavy atom. The van der Waals surface area contributed by atoms with Crippen molar-refractivity contribution in [2.24, 2.45) is 20.4 Å². The van der Waals surface area contributed by atoms with Crippen LogP contribution in [0.15, 0.2) is 20.4 Å². The summed E-state index contributed by atoms with van der Waals surface area (Å²) in [5.41, 5.74) is 1.29. The molecule has 1 radical (unpaired) electrons. The van der Waals surface area contributed by atoms with E-state index in [0.717, 1.165) is 0 Å². The van der Waals surface area contributed by atoms with Gasteiger partial charge in [-0.15, -0.1) is 0 Å². The van der Waals surface area contributed by atoms with Gasteiger partial charge in [0.15, 0.2) is 0 Å². The van der Waals surface area contributed by atoms with Gasteiger partial charge in [0, 0.05) is 38.5 Å². The Hall–Kier alpha value is -0.761. The van der Waals surface area contributed by atoms with E-state index >= 15 is 0 Å². The third-order valence-electron chi connectivity index (χ3n) is 1.86. The maximum atomic E-state index is 4.98. The molecule has 0 aromatic heterocycles. The van der Waals surface area contributed by atoms with E-state index in [1.165, 1.54) is 0 Å². The monoisotopic (exact) mass is 349 g/mol. The van der Waals surface area contributed by atoms with Gasteiger partial charge in [-0.1, -0.05) is 0 Å². The second-order valence-electron chi connectivity index (χ2n) is 3.92. The number of hydrogen-bond acceptors (Lipinski definition) is 6. The molecule has 0 aromatic rings. The van der Waals surface area contributed by atoms with Crippen molar-refractivity contribution < 1.29 is 17.1 Å². The molecule has 9 heteroatoms. The topological polar surface area (TPSA) is 55.9 Å². The van der Waals surface area contributed by atoms with Gasteiger partial charge < -0.3 is 35.1 Å². The summed E-state index contributed by atoms with van der Waals surface area (Å²) in [5.74, 6) is 0. The van der Waals surface area contributed by atoms with Gasteiger partial charge in [-0.2, -0.15) is 20.4 Å². The fourth-order valence-electron chi connectivity index (χ4n) is 0.559. The summed E-state index contributed by atoms with van der Waals surface area (Å²) in [6.07, 6.45) is 0. The van der Waals surface area contributed by atoms with Gasteiger partial charge in [-0.3, -0.25) is 0 Å². The average molecular weight is 350 g/mol. The Morgan fingerprint density at radius 3 is 1.16 bits per heavy atom. The molecule has 0 saturated heterocycles. The van der Waals surface area contributed by atoms with Gasteiger partial charge >= 0.3 is 17.1 Å². The molecule has 0 aliphatic carbocycles. The molecule has 0 amide bonds. The minimum Gasteiger partial charge on any atom is -0.741 e. The molecule has 0 aliphatic rings. The van der Waals surface area contributed by atoms with Crippen LogP contribution in [0.2, 0.25) is 0 Å². The number of hydrogen-bond donors (Lipinski definition) is 0. The van der Waals surface area contributed by atoms with Crippen LogP contribution in [0.1, 0.15) is 13.8 Å². The van der Waals surface area contributed by atoms with E-state index in [2.05, 4.69) is 20.4 Å². The number of rotatable bonds is 3. The van der Waals surface area contributed by atoms with Gasteiger partial charge in [0.2, 0.25) is 0 Å². The van der Waals surface area contributed by atoms with E-state index in [0.29, 0.717) is 21.8 Å². The number of nitrogens with zero attached hydrogens (tertiary/aromatic N) is 6. The third-order valence-corrected chi connectivity index (χ3v) is 2.75. The molecule has 0 aromatic carbocycles. The van der Waals surface area contributed by atoms with E-state index in [1.54, 1.807) is 23.6 Å². The van der Waals surface area contributed by atoms with Crippen molar-refractivity contribution in [3.05, 3.63) is 0 Å². The molecule has 111 valence electrons. The summed E-state index contributed by atoms with van der Waals surface area (Å²) in [7, 11) is 7.23. The van der Waals surface area contributed by atoms with E-state index in [9.17, 15) is 0 Å². The Labute approximate surface area is 136 Å². The zero-order chi connectivity index (χ0) is 14.3. The summed E-state index contributed by atoms with van der Waals surface area (Å²) in [4.78, 5) is 3.40. The first-order chi connectivity index (χ1) is 8.25. The molecule has 0 saturated carbocycles. The van der Waals surface area contributed by atoms with Crippen LogP contribution in [0.3, 0.4) is 0 Å². The Morgan fingerprint density at radius 2 is 0.947 bits per heavy atom. The first-order valence-electron chi connectivity index (χ1n) is 5.19. The van der Waals surface area contributed by atoms with Crippen molar-refractivity contribution >= 4 is 47.0 Å². The molecule has 0 fully saturated rings. The molecular weight excluding hydrogens is 332 g/mol. The van der Waals surface area contributed by atoms with Gasteiger partial charge in [0.05, 0.1) is 11.4 Å². The molecule has 0 bridgehead atoms. The molecule has 19 heavy (non-hydrogen) atoms. The van der Waals surface area contributed by atoms with Crippen LogP contribution in [0, 0.1) is 0 Å². The minimum absolute atomic E-state index is 0. The standard InChI is InChI=1S/C10H20N6S2.Cu/c1-7(11-13-9(17)15(3)4)8(2)12-14-10(18)16(5)6;/h1-6H3,(H,13,17)(H,14,18);/q;+2/p-2/b11-7+,12-8+;. The van der Waals surface area contributed by atoms with Crippen molar-refractivity contribution in [2.75, 3.05) is 28.2 Å². The van der Waals surface area contributed by atoms with Crippen molar-refractivity contribution in [1.82, 2.24) is 9.80 Å². The van der Waals surface area contributed by atoms with E-state index in [1.807, 2.05) is 28.2 Å². The van der Waals surface area contributed by atoms with Crippen LogP contribution >= 0.6 is 0 Å². The van der Waals surface area contributed by atoms with Crippen LogP contribution in [0.4, 0.5) is 0 Å². The Kier molecular flexibility index (Phi) is 10.9. The van der Waals surface area contributed by atoms with Crippen LogP contribution < -0.4 is 0 Å². The summed E-state index contributed by atoms with van der Waals surface area (Å²) in [6, 6.07) is 0. The predicted octanol–water partition coefficient (Wildman–Crippen LogP) is 0.665.